The van der Waals surface area contributed by atoms with E-state index in [4.69, 9.17) is 0 Å². The molecule has 1 saturated heterocycles. The Morgan fingerprint density at radius 1 is 1.43 bits per heavy atom. The van der Waals surface area contributed by atoms with Gasteiger partial charge in [0.2, 0.25) is 0 Å². The van der Waals surface area contributed by atoms with Crippen LogP contribution < -0.4 is 5.32 Å². The van der Waals surface area contributed by atoms with E-state index in [0.29, 0.717) is 18.6 Å². The summed E-state index contributed by atoms with van der Waals surface area (Å²) in [5.41, 5.74) is 2.02. The molecule has 3 rings (SSSR count). The minimum absolute atomic E-state index is 0.216. The molecule has 1 heterocycles. The highest BCUT2D eigenvalue weighted by Crippen LogP contribution is 2.33. The average molecular weight is 289 g/mol. The van der Waals surface area contributed by atoms with Crippen LogP contribution >= 0.6 is 0 Å². The van der Waals surface area contributed by atoms with Crippen LogP contribution in [0.1, 0.15) is 37.3 Å². The van der Waals surface area contributed by atoms with Gasteiger partial charge in [0.15, 0.2) is 0 Å². The zero-order valence-electron chi connectivity index (χ0n) is 12.7. The molecule has 5 heteroatoms. The lowest BCUT2D eigenvalue weighted by atomic mass is 10.1. The minimum Gasteiger partial charge on any atom is -0.309 e. The molecule has 0 aromatic heterocycles. The maximum Gasteiger partial charge on any atom is 0.272 e. The highest BCUT2D eigenvalue weighted by molar-refractivity contribution is 5.44. The second-order valence-corrected chi connectivity index (χ2v) is 6.41. The molecule has 1 aliphatic heterocycles. The molecule has 1 aromatic rings. The Bertz CT molecular complexity index is 542. The van der Waals surface area contributed by atoms with Crippen molar-refractivity contribution in [2.45, 2.75) is 57.8 Å². The molecule has 1 N–H and O–H groups in total. The van der Waals surface area contributed by atoms with E-state index in [2.05, 4.69) is 17.1 Å². The predicted octanol–water partition coefficient (Wildman–Crippen LogP) is 2.62. The normalized spacial score (nSPS) is 26.2. The van der Waals surface area contributed by atoms with Gasteiger partial charge in [-0.25, -0.2) is 0 Å². The summed E-state index contributed by atoms with van der Waals surface area (Å²) in [6.07, 6.45) is 3.87. The second-order valence-electron chi connectivity index (χ2n) is 6.41. The molecule has 1 aromatic carbocycles. The molecule has 114 valence electrons. The topological polar surface area (TPSA) is 58.4 Å². The summed E-state index contributed by atoms with van der Waals surface area (Å²) in [5, 5.41) is 14.6. The van der Waals surface area contributed by atoms with Gasteiger partial charge in [-0.15, -0.1) is 0 Å². The number of nitro groups is 1. The fraction of sp³-hybridized carbons (Fsp3) is 0.625. The van der Waals surface area contributed by atoms with Crippen LogP contribution in [0.25, 0.3) is 0 Å². The fourth-order valence-corrected chi connectivity index (χ4v) is 3.43. The second kappa shape index (κ2) is 5.73. The van der Waals surface area contributed by atoms with Crippen molar-refractivity contribution in [3.63, 3.8) is 0 Å². The molecule has 0 bridgehead atoms. The Kier molecular flexibility index (Phi) is 3.95. The Balaban J connectivity index is 1.60. The van der Waals surface area contributed by atoms with Crippen molar-refractivity contribution in [3.8, 4) is 0 Å². The summed E-state index contributed by atoms with van der Waals surface area (Å²) in [6.45, 7) is 5.96. The van der Waals surface area contributed by atoms with Gasteiger partial charge in [0.25, 0.3) is 5.69 Å². The molecule has 0 spiro atoms. The third-order valence-electron chi connectivity index (χ3n) is 4.83. The van der Waals surface area contributed by atoms with Crippen molar-refractivity contribution in [1.82, 2.24) is 10.2 Å². The largest absolute Gasteiger partial charge is 0.309 e. The monoisotopic (exact) mass is 289 g/mol. The van der Waals surface area contributed by atoms with Crippen LogP contribution in [0.4, 0.5) is 5.69 Å². The van der Waals surface area contributed by atoms with E-state index in [9.17, 15) is 10.1 Å². The van der Waals surface area contributed by atoms with E-state index in [1.54, 1.807) is 12.1 Å². The number of nitrogens with zero attached hydrogens (tertiary/aromatic N) is 2. The SMILES string of the molecule is Cc1c(CNC2CC(C)N(C3CC3)C2)cccc1[N+](=O)[O-]. The summed E-state index contributed by atoms with van der Waals surface area (Å²) in [7, 11) is 0. The summed E-state index contributed by atoms with van der Waals surface area (Å²) in [6, 6.07) is 7.29. The van der Waals surface area contributed by atoms with Crippen LogP contribution in [-0.2, 0) is 6.54 Å². The average Bonchev–Trinajstić information content (AvgIpc) is 3.21. The maximum atomic E-state index is 11.0. The summed E-state index contributed by atoms with van der Waals surface area (Å²) in [5.74, 6) is 0. The molecule has 2 fully saturated rings. The zero-order chi connectivity index (χ0) is 15.0. The van der Waals surface area contributed by atoms with E-state index < -0.39 is 0 Å². The Morgan fingerprint density at radius 3 is 2.86 bits per heavy atom. The highest BCUT2D eigenvalue weighted by Gasteiger charge is 2.38. The highest BCUT2D eigenvalue weighted by atomic mass is 16.6. The number of nitro benzene ring substituents is 1. The van der Waals surface area contributed by atoms with Crippen LogP contribution in [0.5, 0.6) is 0 Å². The van der Waals surface area contributed by atoms with Crippen LogP contribution in [0.15, 0.2) is 18.2 Å². The summed E-state index contributed by atoms with van der Waals surface area (Å²) in [4.78, 5) is 13.3. The lowest BCUT2D eigenvalue weighted by Crippen LogP contribution is -2.34. The molecule has 21 heavy (non-hydrogen) atoms. The zero-order valence-corrected chi connectivity index (χ0v) is 12.7. The molecular formula is C16H23N3O2. The van der Waals surface area contributed by atoms with Gasteiger partial charge < -0.3 is 5.32 Å². The number of rotatable bonds is 5. The van der Waals surface area contributed by atoms with Crippen molar-refractivity contribution in [1.29, 1.82) is 0 Å². The first kappa shape index (κ1) is 14.5. The Hall–Kier alpha value is -1.46. The number of nitrogens with one attached hydrogen (secondary N) is 1. The van der Waals surface area contributed by atoms with Gasteiger partial charge in [-0.3, -0.25) is 15.0 Å². The third-order valence-corrected chi connectivity index (χ3v) is 4.83. The minimum atomic E-state index is -0.300. The first-order chi connectivity index (χ1) is 10.1. The van der Waals surface area contributed by atoms with Crippen molar-refractivity contribution < 1.29 is 4.92 Å². The van der Waals surface area contributed by atoms with Crippen LogP contribution in [-0.4, -0.2) is 34.5 Å². The number of likely N-dealkylation sites (tertiary alicyclic amines) is 1. The third kappa shape index (κ3) is 3.09. The molecule has 2 aliphatic rings. The van der Waals surface area contributed by atoms with Crippen LogP contribution in [0, 0.1) is 17.0 Å². The van der Waals surface area contributed by atoms with Crippen molar-refractivity contribution >= 4 is 5.69 Å². The quantitative estimate of drug-likeness (QED) is 0.668. The van der Waals surface area contributed by atoms with E-state index >= 15 is 0 Å². The Labute approximate surface area is 125 Å². The molecule has 0 amide bonds. The van der Waals surface area contributed by atoms with E-state index in [1.807, 2.05) is 13.0 Å². The van der Waals surface area contributed by atoms with Gasteiger partial charge in [0, 0.05) is 42.8 Å². The summed E-state index contributed by atoms with van der Waals surface area (Å²) < 4.78 is 0. The van der Waals surface area contributed by atoms with Crippen molar-refractivity contribution in [3.05, 3.63) is 39.4 Å². The molecule has 5 nitrogen and oxygen atoms in total. The molecule has 2 unspecified atom stereocenters. The fourth-order valence-electron chi connectivity index (χ4n) is 3.43. The van der Waals surface area contributed by atoms with Crippen LogP contribution in [0.2, 0.25) is 0 Å². The Morgan fingerprint density at radius 2 is 2.19 bits per heavy atom. The van der Waals surface area contributed by atoms with E-state index in [-0.39, 0.29) is 10.6 Å². The first-order valence-corrected chi connectivity index (χ1v) is 7.78. The number of hydrogen-bond acceptors (Lipinski definition) is 4. The van der Waals surface area contributed by atoms with Crippen LogP contribution in [0.3, 0.4) is 0 Å². The maximum absolute atomic E-state index is 11.0. The van der Waals surface area contributed by atoms with E-state index in [1.165, 1.54) is 19.3 Å². The molecule has 1 saturated carbocycles. The van der Waals surface area contributed by atoms with Gasteiger partial charge in [-0.05, 0) is 38.7 Å². The molecular weight excluding hydrogens is 266 g/mol. The van der Waals surface area contributed by atoms with Crippen molar-refractivity contribution in [2.24, 2.45) is 0 Å². The number of hydrogen-bond donors (Lipinski definition) is 1. The van der Waals surface area contributed by atoms with Gasteiger partial charge in [0.1, 0.15) is 0 Å². The number of benzene rings is 1. The van der Waals surface area contributed by atoms with Crippen molar-refractivity contribution in [2.75, 3.05) is 6.54 Å². The van der Waals surface area contributed by atoms with Gasteiger partial charge in [0.05, 0.1) is 4.92 Å². The lowest BCUT2D eigenvalue weighted by Gasteiger charge is -2.19. The van der Waals surface area contributed by atoms with E-state index in [0.717, 1.165) is 23.7 Å². The summed E-state index contributed by atoms with van der Waals surface area (Å²) >= 11 is 0. The van der Waals surface area contributed by atoms with Gasteiger partial charge in [-0.2, -0.15) is 0 Å². The van der Waals surface area contributed by atoms with Gasteiger partial charge in [-0.1, -0.05) is 12.1 Å². The lowest BCUT2D eigenvalue weighted by molar-refractivity contribution is -0.385. The standard InChI is InChI=1S/C16H23N3O2/c1-11-8-14(10-18(11)15-6-7-15)17-9-13-4-3-5-16(12(13)2)19(20)21/h3-5,11,14-15,17H,6-10H2,1-2H3. The molecule has 1 aliphatic carbocycles. The smallest absolute Gasteiger partial charge is 0.272 e. The first-order valence-electron chi connectivity index (χ1n) is 7.78. The van der Waals surface area contributed by atoms with Gasteiger partial charge >= 0.3 is 0 Å². The predicted molar refractivity (Wildman–Crippen MR) is 82.3 cm³/mol. The molecule has 2 atom stereocenters. The molecule has 0 radical (unpaired) electrons.